The Labute approximate surface area is 145 Å². The lowest BCUT2D eigenvalue weighted by atomic mass is 10.0. The van der Waals surface area contributed by atoms with Gasteiger partial charge >= 0.3 is 5.97 Å². The van der Waals surface area contributed by atoms with E-state index in [1.165, 1.54) is 11.8 Å². The average Bonchev–Trinajstić information content (AvgIpc) is 3.00. The fraction of sp³-hybridized carbons (Fsp3) is 0.0500. The Balaban J connectivity index is 1.86. The maximum Gasteiger partial charge on any atom is 0.368 e. The van der Waals surface area contributed by atoms with E-state index in [9.17, 15) is 9.59 Å². The standard InChI is InChI=1S/C20H16N2O3/c1-15(23)22(17-11-6-3-7-12-17)14-8-13-18-19(21-25-20(18)24)16-9-4-2-5-10-16/h2-14H,1H3/b14-8+,18-13-. The van der Waals surface area contributed by atoms with Gasteiger partial charge in [0.1, 0.15) is 5.71 Å². The van der Waals surface area contributed by atoms with Gasteiger partial charge in [0.15, 0.2) is 0 Å². The van der Waals surface area contributed by atoms with Gasteiger partial charge in [-0.1, -0.05) is 53.7 Å². The Morgan fingerprint density at radius 3 is 2.32 bits per heavy atom. The minimum Gasteiger partial charge on any atom is -0.312 e. The number of allylic oxidation sites excluding steroid dienone is 2. The van der Waals surface area contributed by atoms with Crippen molar-refractivity contribution in [2.75, 3.05) is 4.90 Å². The molecule has 0 spiro atoms. The van der Waals surface area contributed by atoms with E-state index in [0.717, 1.165) is 11.3 Å². The molecule has 0 fully saturated rings. The Morgan fingerprint density at radius 1 is 1.04 bits per heavy atom. The second-order valence-electron chi connectivity index (χ2n) is 5.33. The van der Waals surface area contributed by atoms with Crippen LogP contribution in [-0.2, 0) is 14.4 Å². The lowest BCUT2D eigenvalue weighted by molar-refractivity contribution is -0.136. The van der Waals surface area contributed by atoms with E-state index in [1.54, 1.807) is 18.4 Å². The average molecular weight is 332 g/mol. The number of nitrogens with zero attached hydrogens (tertiary/aromatic N) is 2. The zero-order chi connectivity index (χ0) is 17.6. The van der Waals surface area contributed by atoms with Gasteiger partial charge in [-0.25, -0.2) is 4.79 Å². The lowest BCUT2D eigenvalue weighted by Gasteiger charge is -2.15. The summed E-state index contributed by atoms with van der Waals surface area (Å²) in [6.45, 7) is 1.48. The molecule has 3 rings (SSSR count). The molecule has 25 heavy (non-hydrogen) atoms. The van der Waals surface area contributed by atoms with Crippen LogP contribution in [0.1, 0.15) is 12.5 Å². The van der Waals surface area contributed by atoms with Crippen LogP contribution in [-0.4, -0.2) is 17.6 Å². The lowest BCUT2D eigenvalue weighted by Crippen LogP contribution is -2.21. The second kappa shape index (κ2) is 7.40. The quantitative estimate of drug-likeness (QED) is 0.636. The maximum absolute atomic E-state index is 11.9. The first kappa shape index (κ1) is 16.4. The Hall–Kier alpha value is -3.47. The van der Waals surface area contributed by atoms with E-state index in [4.69, 9.17) is 4.84 Å². The third-order valence-corrected chi connectivity index (χ3v) is 3.61. The smallest absolute Gasteiger partial charge is 0.312 e. The van der Waals surface area contributed by atoms with Crippen LogP contribution in [0.2, 0.25) is 0 Å². The number of hydrogen-bond acceptors (Lipinski definition) is 4. The van der Waals surface area contributed by atoms with E-state index in [1.807, 2.05) is 60.7 Å². The summed E-state index contributed by atoms with van der Waals surface area (Å²) in [5.74, 6) is -0.649. The second-order valence-corrected chi connectivity index (χ2v) is 5.33. The van der Waals surface area contributed by atoms with Gasteiger partial charge in [-0.2, -0.15) is 0 Å². The highest BCUT2D eigenvalue weighted by Gasteiger charge is 2.25. The van der Waals surface area contributed by atoms with Gasteiger partial charge in [-0.3, -0.25) is 9.69 Å². The van der Waals surface area contributed by atoms with E-state index in [2.05, 4.69) is 5.16 Å². The predicted molar refractivity (Wildman–Crippen MR) is 95.9 cm³/mol. The molecule has 5 nitrogen and oxygen atoms in total. The first-order chi connectivity index (χ1) is 12.2. The number of rotatable bonds is 4. The number of benzene rings is 2. The SMILES string of the molecule is CC(=O)N(/C=C/C=C1\C(=O)ON=C1c1ccccc1)c1ccccc1. The molecule has 0 aliphatic carbocycles. The largest absolute Gasteiger partial charge is 0.368 e. The fourth-order valence-corrected chi connectivity index (χ4v) is 2.42. The highest BCUT2D eigenvalue weighted by Crippen LogP contribution is 2.18. The van der Waals surface area contributed by atoms with Gasteiger partial charge in [0.25, 0.3) is 0 Å². The Kier molecular flexibility index (Phi) is 4.85. The van der Waals surface area contributed by atoms with Gasteiger partial charge < -0.3 is 4.84 Å². The molecule has 0 saturated heterocycles. The number of amides is 1. The van der Waals surface area contributed by atoms with Crippen LogP contribution in [0.4, 0.5) is 5.69 Å². The summed E-state index contributed by atoms with van der Waals surface area (Å²) in [5.41, 5.74) is 2.36. The van der Waals surface area contributed by atoms with Crippen LogP contribution in [0.15, 0.2) is 89.7 Å². The topological polar surface area (TPSA) is 59.0 Å². The fourth-order valence-electron chi connectivity index (χ4n) is 2.42. The predicted octanol–water partition coefficient (Wildman–Crippen LogP) is 3.44. The third kappa shape index (κ3) is 3.72. The van der Waals surface area contributed by atoms with Crippen LogP contribution in [0.3, 0.4) is 0 Å². The zero-order valence-electron chi connectivity index (χ0n) is 13.6. The van der Waals surface area contributed by atoms with Crippen LogP contribution in [0, 0.1) is 0 Å². The third-order valence-electron chi connectivity index (χ3n) is 3.61. The molecule has 0 bridgehead atoms. The molecule has 0 aromatic heterocycles. The van der Waals surface area contributed by atoms with E-state index in [-0.39, 0.29) is 5.91 Å². The normalized spacial score (nSPS) is 15.3. The van der Waals surface area contributed by atoms with Crippen molar-refractivity contribution < 1.29 is 14.4 Å². The molecule has 5 heteroatoms. The molecule has 2 aromatic carbocycles. The molecule has 0 atom stereocenters. The van der Waals surface area contributed by atoms with Crippen molar-refractivity contribution in [2.24, 2.45) is 5.16 Å². The Bertz CT molecular complexity index is 868. The van der Waals surface area contributed by atoms with Gasteiger partial charge in [-0.15, -0.1) is 0 Å². The van der Waals surface area contributed by atoms with Crippen molar-refractivity contribution in [1.29, 1.82) is 0 Å². The van der Waals surface area contributed by atoms with Crippen molar-refractivity contribution in [3.63, 3.8) is 0 Å². The number of carbonyl (C=O) groups excluding carboxylic acids is 2. The van der Waals surface area contributed by atoms with Crippen LogP contribution in [0.25, 0.3) is 0 Å². The molecule has 1 aliphatic rings. The van der Waals surface area contributed by atoms with Crippen molar-refractivity contribution in [3.8, 4) is 0 Å². The van der Waals surface area contributed by atoms with E-state index in [0.29, 0.717) is 11.3 Å². The highest BCUT2D eigenvalue weighted by molar-refractivity contribution is 6.28. The van der Waals surface area contributed by atoms with Gasteiger partial charge in [0.2, 0.25) is 5.91 Å². The van der Waals surface area contributed by atoms with Crippen molar-refractivity contribution in [3.05, 3.63) is 90.2 Å². The summed E-state index contributed by atoms with van der Waals surface area (Å²) < 4.78 is 0. The van der Waals surface area contributed by atoms with Crippen LogP contribution >= 0.6 is 0 Å². The first-order valence-corrected chi connectivity index (χ1v) is 7.75. The van der Waals surface area contributed by atoms with Crippen molar-refractivity contribution in [1.82, 2.24) is 0 Å². The number of hydrogen-bond donors (Lipinski definition) is 0. The molecule has 0 N–H and O–H groups in total. The van der Waals surface area contributed by atoms with Crippen LogP contribution < -0.4 is 4.90 Å². The monoisotopic (exact) mass is 332 g/mol. The number of oxime groups is 1. The molecule has 124 valence electrons. The summed E-state index contributed by atoms with van der Waals surface area (Å²) in [7, 11) is 0. The van der Waals surface area contributed by atoms with E-state index < -0.39 is 5.97 Å². The van der Waals surface area contributed by atoms with Gasteiger partial charge in [0, 0.05) is 24.4 Å². The molecule has 0 saturated carbocycles. The molecule has 1 aliphatic heterocycles. The summed E-state index contributed by atoms with van der Waals surface area (Å²) >= 11 is 0. The van der Waals surface area contributed by atoms with Gasteiger partial charge in [-0.05, 0) is 24.3 Å². The zero-order valence-corrected chi connectivity index (χ0v) is 13.6. The highest BCUT2D eigenvalue weighted by atomic mass is 16.7. The summed E-state index contributed by atoms with van der Waals surface area (Å²) in [6, 6.07) is 18.6. The molecule has 2 aromatic rings. The minimum absolute atomic E-state index is 0.133. The molecule has 1 heterocycles. The molecular weight excluding hydrogens is 316 g/mol. The minimum atomic E-state index is -0.516. The molecule has 0 radical (unpaired) electrons. The Morgan fingerprint density at radius 2 is 1.68 bits per heavy atom. The number of carbonyl (C=O) groups is 2. The number of anilines is 1. The molecule has 0 unspecified atom stereocenters. The first-order valence-electron chi connectivity index (χ1n) is 7.75. The number of para-hydroxylation sites is 1. The van der Waals surface area contributed by atoms with Crippen molar-refractivity contribution in [2.45, 2.75) is 6.92 Å². The summed E-state index contributed by atoms with van der Waals surface area (Å²) in [5, 5.41) is 3.84. The molecular formula is C20H16N2O3. The van der Waals surface area contributed by atoms with E-state index >= 15 is 0 Å². The van der Waals surface area contributed by atoms with Crippen molar-refractivity contribution >= 4 is 23.3 Å². The van der Waals surface area contributed by atoms with Gasteiger partial charge in [0.05, 0.1) is 5.57 Å². The van der Waals surface area contributed by atoms with Crippen LogP contribution in [0.5, 0.6) is 0 Å². The maximum atomic E-state index is 11.9. The summed E-state index contributed by atoms with van der Waals surface area (Å²) in [4.78, 5) is 30.1. The molecule has 1 amide bonds. The summed E-state index contributed by atoms with van der Waals surface area (Å²) in [6.07, 6.45) is 4.84.